The molecule has 2 aromatic carbocycles. The molecule has 0 aliphatic heterocycles. The van der Waals surface area contributed by atoms with Crippen molar-refractivity contribution < 1.29 is 9.59 Å². The van der Waals surface area contributed by atoms with E-state index in [1.807, 2.05) is 43.3 Å². The van der Waals surface area contributed by atoms with E-state index in [-0.39, 0.29) is 24.4 Å². The van der Waals surface area contributed by atoms with Crippen LogP contribution in [-0.4, -0.2) is 28.8 Å². The molecule has 1 unspecified atom stereocenters. The number of hydrogen-bond acceptors (Lipinski definition) is 2. The quantitative estimate of drug-likeness (QED) is 0.514. The number of amides is 2. The van der Waals surface area contributed by atoms with Gasteiger partial charge in [-0.3, -0.25) is 9.59 Å². The molecule has 1 N–H and O–H groups in total. The molecule has 166 valence electrons. The van der Waals surface area contributed by atoms with Crippen LogP contribution in [0, 0.1) is 0 Å². The number of rotatable bonds is 9. The lowest BCUT2D eigenvalue weighted by Gasteiger charge is -2.32. The molecular formula is C25H30Cl2N2O2. The molecule has 3 rings (SSSR count). The number of carbonyl (C=O) groups excluding carboxylic acids is 2. The highest BCUT2D eigenvalue weighted by molar-refractivity contribution is 6.35. The molecule has 2 amide bonds. The summed E-state index contributed by atoms with van der Waals surface area (Å²) < 4.78 is 0. The molecule has 0 spiro atoms. The Bertz CT molecular complexity index is 882. The Balaban J connectivity index is 1.78. The summed E-state index contributed by atoms with van der Waals surface area (Å²) in [6.45, 7) is 2.22. The van der Waals surface area contributed by atoms with Gasteiger partial charge in [0.1, 0.15) is 6.04 Å². The predicted molar refractivity (Wildman–Crippen MR) is 126 cm³/mol. The van der Waals surface area contributed by atoms with Crippen molar-refractivity contribution >= 4 is 35.0 Å². The first-order chi connectivity index (χ1) is 15.0. The summed E-state index contributed by atoms with van der Waals surface area (Å²) >= 11 is 12.4. The molecule has 4 nitrogen and oxygen atoms in total. The minimum absolute atomic E-state index is 0.0525. The van der Waals surface area contributed by atoms with Crippen LogP contribution in [0.3, 0.4) is 0 Å². The van der Waals surface area contributed by atoms with E-state index in [0.717, 1.165) is 36.8 Å². The van der Waals surface area contributed by atoms with Crippen LogP contribution in [-0.2, 0) is 22.6 Å². The second kappa shape index (κ2) is 11.5. The lowest BCUT2D eigenvalue weighted by molar-refractivity contribution is -0.141. The molecule has 0 radical (unpaired) electrons. The van der Waals surface area contributed by atoms with Gasteiger partial charge in [0.05, 0.1) is 0 Å². The van der Waals surface area contributed by atoms with E-state index in [4.69, 9.17) is 23.2 Å². The molecule has 1 aliphatic carbocycles. The van der Waals surface area contributed by atoms with Gasteiger partial charge in [-0.15, -0.1) is 0 Å². The van der Waals surface area contributed by atoms with E-state index in [2.05, 4.69) is 5.32 Å². The summed E-state index contributed by atoms with van der Waals surface area (Å²) in [4.78, 5) is 28.1. The fourth-order valence-electron chi connectivity index (χ4n) is 4.16. The third-order valence-electron chi connectivity index (χ3n) is 5.91. The summed E-state index contributed by atoms with van der Waals surface area (Å²) in [6.07, 6.45) is 5.80. The Kier molecular flexibility index (Phi) is 8.79. The number of nitrogens with zero attached hydrogens (tertiary/aromatic N) is 1. The summed E-state index contributed by atoms with van der Waals surface area (Å²) in [5.74, 6) is -0.129. The molecule has 1 aliphatic rings. The fraction of sp³-hybridized carbons (Fsp3) is 0.440. The van der Waals surface area contributed by atoms with E-state index in [9.17, 15) is 9.59 Å². The van der Waals surface area contributed by atoms with E-state index in [0.29, 0.717) is 29.3 Å². The topological polar surface area (TPSA) is 49.4 Å². The maximum atomic E-state index is 13.3. The smallest absolute Gasteiger partial charge is 0.243 e. The first-order valence-electron chi connectivity index (χ1n) is 11.1. The monoisotopic (exact) mass is 460 g/mol. The normalized spacial score (nSPS) is 14.9. The highest BCUT2D eigenvalue weighted by Crippen LogP contribution is 2.25. The number of halogens is 2. The van der Waals surface area contributed by atoms with Crippen molar-refractivity contribution in [3.8, 4) is 0 Å². The van der Waals surface area contributed by atoms with Gasteiger partial charge in [-0.2, -0.15) is 0 Å². The van der Waals surface area contributed by atoms with Gasteiger partial charge in [-0.1, -0.05) is 79.4 Å². The average Bonchev–Trinajstić information content (AvgIpc) is 3.27. The van der Waals surface area contributed by atoms with Crippen molar-refractivity contribution in [2.45, 2.75) is 70.5 Å². The molecule has 0 saturated heterocycles. The van der Waals surface area contributed by atoms with Crippen LogP contribution >= 0.6 is 23.2 Å². The largest absolute Gasteiger partial charge is 0.352 e. The Morgan fingerprint density at radius 2 is 1.81 bits per heavy atom. The Morgan fingerprint density at radius 3 is 2.45 bits per heavy atom. The van der Waals surface area contributed by atoms with Gasteiger partial charge < -0.3 is 10.2 Å². The first kappa shape index (κ1) is 23.6. The van der Waals surface area contributed by atoms with Crippen LogP contribution in [0.25, 0.3) is 0 Å². The molecule has 0 heterocycles. The van der Waals surface area contributed by atoms with Crippen molar-refractivity contribution in [1.29, 1.82) is 0 Å². The number of carbonyl (C=O) groups is 2. The summed E-state index contributed by atoms with van der Waals surface area (Å²) in [6, 6.07) is 14.8. The van der Waals surface area contributed by atoms with Crippen LogP contribution in [0.5, 0.6) is 0 Å². The highest BCUT2D eigenvalue weighted by Gasteiger charge is 2.30. The average molecular weight is 461 g/mol. The highest BCUT2D eigenvalue weighted by atomic mass is 35.5. The van der Waals surface area contributed by atoms with Crippen LogP contribution in [0.2, 0.25) is 10.0 Å². The zero-order valence-electron chi connectivity index (χ0n) is 17.9. The minimum Gasteiger partial charge on any atom is -0.352 e. The van der Waals surface area contributed by atoms with E-state index in [1.165, 1.54) is 0 Å². The van der Waals surface area contributed by atoms with Gasteiger partial charge in [0.25, 0.3) is 0 Å². The Hall–Kier alpha value is -2.04. The maximum Gasteiger partial charge on any atom is 0.243 e. The second-order valence-electron chi connectivity index (χ2n) is 8.16. The molecule has 1 atom stereocenters. The number of benzene rings is 2. The van der Waals surface area contributed by atoms with Gasteiger partial charge in [-0.25, -0.2) is 0 Å². The van der Waals surface area contributed by atoms with Crippen LogP contribution < -0.4 is 5.32 Å². The van der Waals surface area contributed by atoms with E-state index >= 15 is 0 Å². The van der Waals surface area contributed by atoms with Crippen molar-refractivity contribution in [3.05, 3.63) is 69.7 Å². The first-order valence-corrected chi connectivity index (χ1v) is 11.8. The lowest BCUT2D eigenvalue weighted by Crippen LogP contribution is -2.51. The molecule has 31 heavy (non-hydrogen) atoms. The lowest BCUT2D eigenvalue weighted by atomic mass is 10.1. The van der Waals surface area contributed by atoms with Gasteiger partial charge in [0.2, 0.25) is 11.8 Å². The Labute approximate surface area is 194 Å². The maximum absolute atomic E-state index is 13.3. The molecule has 0 bridgehead atoms. The second-order valence-corrected chi connectivity index (χ2v) is 9.00. The number of hydrogen-bond donors (Lipinski definition) is 1. The van der Waals surface area contributed by atoms with Gasteiger partial charge in [0, 0.05) is 29.1 Å². The van der Waals surface area contributed by atoms with Crippen molar-refractivity contribution in [2.24, 2.45) is 0 Å². The fourth-order valence-corrected chi connectivity index (χ4v) is 4.63. The zero-order chi connectivity index (χ0) is 22.2. The van der Waals surface area contributed by atoms with Gasteiger partial charge >= 0.3 is 0 Å². The number of nitrogens with one attached hydrogen (secondary N) is 1. The zero-order valence-corrected chi connectivity index (χ0v) is 19.5. The summed E-state index contributed by atoms with van der Waals surface area (Å²) in [5, 5.41) is 4.20. The molecule has 1 saturated carbocycles. The summed E-state index contributed by atoms with van der Waals surface area (Å²) in [7, 11) is 0. The molecule has 1 fully saturated rings. The third kappa shape index (κ3) is 6.72. The van der Waals surface area contributed by atoms with Gasteiger partial charge in [-0.05, 0) is 48.9 Å². The summed E-state index contributed by atoms with van der Waals surface area (Å²) in [5.41, 5.74) is 1.88. The van der Waals surface area contributed by atoms with E-state index in [1.54, 1.807) is 17.0 Å². The molecular weight excluding hydrogens is 431 g/mol. The molecule has 2 aromatic rings. The third-order valence-corrected chi connectivity index (χ3v) is 6.50. The van der Waals surface area contributed by atoms with Crippen LogP contribution in [0.4, 0.5) is 0 Å². The standard InChI is InChI=1S/C25H30Cl2N2O2/c1-2-23(25(31)28-21-10-6-7-11-21)29(17-19-13-14-20(26)16-22(19)27)24(30)15-12-18-8-4-3-5-9-18/h3-5,8-9,13-14,16,21,23H,2,6-7,10-12,15,17H2,1H3,(H,28,31). The van der Waals surface area contributed by atoms with E-state index < -0.39 is 6.04 Å². The molecule has 0 aromatic heterocycles. The Morgan fingerprint density at radius 1 is 1.10 bits per heavy atom. The number of aryl methyl sites for hydroxylation is 1. The molecule has 6 heteroatoms. The SMILES string of the molecule is CCC(C(=O)NC1CCCC1)N(Cc1ccc(Cl)cc1Cl)C(=O)CCc1ccccc1. The van der Waals surface area contributed by atoms with Crippen molar-refractivity contribution in [3.63, 3.8) is 0 Å². The van der Waals surface area contributed by atoms with Crippen molar-refractivity contribution in [1.82, 2.24) is 10.2 Å². The van der Waals surface area contributed by atoms with Crippen LogP contribution in [0.1, 0.15) is 56.6 Å². The van der Waals surface area contributed by atoms with Crippen molar-refractivity contribution in [2.75, 3.05) is 0 Å². The van der Waals surface area contributed by atoms with Gasteiger partial charge in [0.15, 0.2) is 0 Å². The predicted octanol–water partition coefficient (Wildman–Crippen LogP) is 5.79. The van der Waals surface area contributed by atoms with Crippen LogP contribution in [0.15, 0.2) is 48.5 Å². The minimum atomic E-state index is -0.532.